The molecule has 1 fully saturated rings. The summed E-state index contributed by atoms with van der Waals surface area (Å²) in [5.41, 5.74) is 0. The van der Waals surface area contributed by atoms with Crippen LogP contribution in [0.2, 0.25) is 0 Å². The maximum Gasteiger partial charge on any atom is 0.322 e. The van der Waals surface area contributed by atoms with Crippen LogP contribution in [-0.2, 0) is 14.8 Å². The second-order valence-corrected chi connectivity index (χ2v) is 7.16. The number of carboxylic acid groups (broad SMARTS) is 1. The van der Waals surface area contributed by atoms with Crippen molar-refractivity contribution in [1.29, 1.82) is 0 Å². The quantitative estimate of drug-likeness (QED) is 0.893. The fourth-order valence-corrected chi connectivity index (χ4v) is 4.38. The molecule has 1 aromatic carbocycles. The molecule has 0 saturated carbocycles. The Morgan fingerprint density at radius 2 is 1.91 bits per heavy atom. The maximum absolute atomic E-state index is 12.7. The molecule has 2 aliphatic rings. The molecule has 0 bridgehead atoms. The highest BCUT2D eigenvalue weighted by molar-refractivity contribution is 7.89. The van der Waals surface area contributed by atoms with Crippen LogP contribution in [-0.4, -0.2) is 49.6 Å². The van der Waals surface area contributed by atoms with Gasteiger partial charge in [0.15, 0.2) is 11.5 Å². The minimum atomic E-state index is -3.86. The van der Waals surface area contributed by atoms with Gasteiger partial charge in [0.2, 0.25) is 10.0 Å². The number of nitrogens with zero attached hydrogens (tertiary/aromatic N) is 1. The Morgan fingerprint density at radius 1 is 1.18 bits per heavy atom. The minimum Gasteiger partial charge on any atom is -0.490 e. The number of hydrogen-bond acceptors (Lipinski definition) is 5. The van der Waals surface area contributed by atoms with Crippen molar-refractivity contribution in [2.24, 2.45) is 0 Å². The van der Waals surface area contributed by atoms with Gasteiger partial charge in [0.1, 0.15) is 6.04 Å². The first-order chi connectivity index (χ1) is 10.5. The summed E-state index contributed by atoms with van der Waals surface area (Å²) in [5, 5.41) is 9.17. The van der Waals surface area contributed by atoms with E-state index in [0.29, 0.717) is 37.6 Å². The number of sulfonamides is 1. The summed E-state index contributed by atoms with van der Waals surface area (Å²) in [5.74, 6) is -0.229. The predicted molar refractivity (Wildman–Crippen MR) is 76.6 cm³/mol. The Morgan fingerprint density at radius 3 is 2.64 bits per heavy atom. The molecule has 0 amide bonds. The van der Waals surface area contributed by atoms with Gasteiger partial charge in [0, 0.05) is 19.0 Å². The topological polar surface area (TPSA) is 93.1 Å². The lowest BCUT2D eigenvalue weighted by Gasteiger charge is -2.21. The van der Waals surface area contributed by atoms with Crippen LogP contribution >= 0.6 is 0 Å². The van der Waals surface area contributed by atoms with Gasteiger partial charge in [-0.05, 0) is 25.0 Å². The standard InChI is InChI=1S/C14H17NO6S/c16-14(17)11-3-1-6-15(11)22(18,19)10-4-5-12-13(9-10)21-8-2-7-20-12/h4-5,9,11H,1-3,6-8H2,(H,16,17). The average Bonchev–Trinajstić information content (AvgIpc) is 2.87. The fraction of sp³-hybridized carbons (Fsp3) is 0.500. The Labute approximate surface area is 128 Å². The van der Waals surface area contributed by atoms with Crippen LogP contribution in [0.15, 0.2) is 23.1 Å². The molecule has 0 aromatic heterocycles. The Balaban J connectivity index is 1.95. The largest absolute Gasteiger partial charge is 0.490 e. The van der Waals surface area contributed by atoms with Crippen molar-refractivity contribution >= 4 is 16.0 Å². The highest BCUT2D eigenvalue weighted by Gasteiger charge is 2.39. The van der Waals surface area contributed by atoms with Crippen molar-refractivity contribution < 1.29 is 27.8 Å². The van der Waals surface area contributed by atoms with Gasteiger partial charge in [-0.2, -0.15) is 4.31 Å². The monoisotopic (exact) mass is 327 g/mol. The number of carboxylic acids is 1. The van der Waals surface area contributed by atoms with Crippen LogP contribution in [0.25, 0.3) is 0 Å². The lowest BCUT2D eigenvalue weighted by molar-refractivity contribution is -0.140. The average molecular weight is 327 g/mol. The number of hydrogen-bond donors (Lipinski definition) is 1. The molecule has 2 heterocycles. The van der Waals surface area contributed by atoms with Crippen molar-refractivity contribution in [1.82, 2.24) is 4.31 Å². The van der Waals surface area contributed by atoms with E-state index >= 15 is 0 Å². The number of fused-ring (bicyclic) bond motifs is 1. The van der Waals surface area contributed by atoms with Crippen LogP contribution in [0.1, 0.15) is 19.3 Å². The zero-order valence-electron chi connectivity index (χ0n) is 11.9. The van der Waals surface area contributed by atoms with Gasteiger partial charge in [-0.1, -0.05) is 0 Å². The van der Waals surface area contributed by atoms with Gasteiger partial charge in [0.05, 0.1) is 18.1 Å². The SMILES string of the molecule is O=C(O)C1CCCN1S(=O)(=O)c1ccc2c(c1)OCCCO2. The van der Waals surface area contributed by atoms with Crippen molar-refractivity contribution in [2.45, 2.75) is 30.2 Å². The third kappa shape index (κ3) is 2.64. The fourth-order valence-electron chi connectivity index (χ4n) is 2.71. The van der Waals surface area contributed by atoms with Crippen LogP contribution in [0.5, 0.6) is 11.5 Å². The molecule has 1 saturated heterocycles. The molecule has 1 N–H and O–H groups in total. The Kier molecular flexibility index (Phi) is 3.96. The molecule has 7 nitrogen and oxygen atoms in total. The molecule has 1 unspecified atom stereocenters. The third-order valence-corrected chi connectivity index (χ3v) is 5.72. The summed E-state index contributed by atoms with van der Waals surface area (Å²) < 4.78 is 37.4. The number of rotatable bonds is 3. The highest BCUT2D eigenvalue weighted by Crippen LogP contribution is 2.34. The first-order valence-electron chi connectivity index (χ1n) is 7.14. The molecule has 0 aliphatic carbocycles. The number of carbonyl (C=O) groups is 1. The molecule has 1 atom stereocenters. The summed E-state index contributed by atoms with van der Waals surface area (Å²) in [6.45, 7) is 1.19. The van der Waals surface area contributed by atoms with E-state index in [0.717, 1.165) is 10.7 Å². The maximum atomic E-state index is 12.7. The number of benzene rings is 1. The molecule has 3 rings (SSSR count). The van der Waals surface area contributed by atoms with Crippen molar-refractivity contribution in [3.05, 3.63) is 18.2 Å². The smallest absolute Gasteiger partial charge is 0.322 e. The van der Waals surface area contributed by atoms with Crippen molar-refractivity contribution in [3.8, 4) is 11.5 Å². The molecular formula is C14H17NO6S. The lowest BCUT2D eigenvalue weighted by Crippen LogP contribution is -2.40. The Bertz CT molecular complexity index is 687. The highest BCUT2D eigenvalue weighted by atomic mass is 32.2. The van der Waals surface area contributed by atoms with E-state index in [2.05, 4.69) is 0 Å². The summed E-state index contributed by atoms with van der Waals surface area (Å²) in [6.07, 6.45) is 1.60. The third-order valence-electron chi connectivity index (χ3n) is 3.81. The molecular weight excluding hydrogens is 310 g/mol. The van der Waals surface area contributed by atoms with Gasteiger partial charge in [-0.25, -0.2) is 8.42 Å². The van der Waals surface area contributed by atoms with Crippen LogP contribution < -0.4 is 9.47 Å². The van der Waals surface area contributed by atoms with Gasteiger partial charge >= 0.3 is 5.97 Å². The molecule has 0 spiro atoms. The van der Waals surface area contributed by atoms with E-state index in [4.69, 9.17) is 9.47 Å². The summed E-state index contributed by atoms with van der Waals surface area (Å²) in [4.78, 5) is 11.2. The lowest BCUT2D eigenvalue weighted by atomic mass is 10.2. The first kappa shape index (κ1) is 15.1. The van der Waals surface area contributed by atoms with E-state index in [1.54, 1.807) is 6.07 Å². The van der Waals surface area contributed by atoms with E-state index in [1.807, 2.05) is 0 Å². The molecule has 2 aliphatic heterocycles. The second kappa shape index (κ2) is 5.77. The van der Waals surface area contributed by atoms with Gasteiger partial charge in [-0.15, -0.1) is 0 Å². The predicted octanol–water partition coefficient (Wildman–Crippen LogP) is 1.09. The molecule has 120 valence electrons. The zero-order chi connectivity index (χ0) is 15.7. The zero-order valence-corrected chi connectivity index (χ0v) is 12.7. The van der Waals surface area contributed by atoms with Gasteiger partial charge < -0.3 is 14.6 Å². The van der Waals surface area contributed by atoms with Gasteiger partial charge in [0.25, 0.3) is 0 Å². The van der Waals surface area contributed by atoms with Crippen LogP contribution in [0.3, 0.4) is 0 Å². The van der Waals surface area contributed by atoms with E-state index in [1.165, 1.54) is 12.1 Å². The summed E-state index contributed by atoms with van der Waals surface area (Å²) in [6, 6.07) is 3.40. The van der Waals surface area contributed by atoms with Crippen LogP contribution in [0.4, 0.5) is 0 Å². The second-order valence-electron chi connectivity index (χ2n) is 5.27. The summed E-state index contributed by atoms with van der Waals surface area (Å²) in [7, 11) is -3.86. The molecule has 22 heavy (non-hydrogen) atoms. The normalized spacial score (nSPS) is 22.3. The van der Waals surface area contributed by atoms with E-state index in [9.17, 15) is 18.3 Å². The van der Waals surface area contributed by atoms with Gasteiger partial charge in [-0.3, -0.25) is 4.79 Å². The summed E-state index contributed by atoms with van der Waals surface area (Å²) >= 11 is 0. The first-order valence-corrected chi connectivity index (χ1v) is 8.58. The number of ether oxygens (including phenoxy) is 2. The molecule has 0 radical (unpaired) electrons. The number of aliphatic carboxylic acids is 1. The van der Waals surface area contributed by atoms with Crippen molar-refractivity contribution in [2.75, 3.05) is 19.8 Å². The van der Waals surface area contributed by atoms with Crippen molar-refractivity contribution in [3.63, 3.8) is 0 Å². The van der Waals surface area contributed by atoms with Crippen LogP contribution in [0, 0.1) is 0 Å². The minimum absolute atomic E-state index is 0.0323. The van der Waals surface area contributed by atoms with E-state index < -0.39 is 22.0 Å². The molecule has 1 aromatic rings. The van der Waals surface area contributed by atoms with E-state index in [-0.39, 0.29) is 11.4 Å². The molecule has 8 heteroatoms. The Hall–Kier alpha value is -1.80.